The second-order valence-corrected chi connectivity index (χ2v) is 7.94. The first-order valence-corrected chi connectivity index (χ1v) is 8.64. The molecule has 0 bridgehead atoms. The molecular formula is C11H16IN3O4S. The van der Waals surface area contributed by atoms with Crippen molar-refractivity contribution in [2.75, 3.05) is 18.1 Å². The molecule has 0 fully saturated rings. The average molecular weight is 413 g/mol. The fourth-order valence-corrected chi connectivity index (χ4v) is 3.38. The minimum absolute atomic E-state index is 0.0217. The highest BCUT2D eigenvalue weighted by molar-refractivity contribution is 14.1. The molecule has 9 heteroatoms. The summed E-state index contributed by atoms with van der Waals surface area (Å²) in [6.07, 6.45) is 1.10. The predicted octanol–water partition coefficient (Wildman–Crippen LogP) is 1.94. The number of nitrogens with zero attached hydrogens (tertiary/aromatic N) is 1. The van der Waals surface area contributed by atoms with Gasteiger partial charge in [0.15, 0.2) is 0 Å². The normalized spacial score (nSPS) is 12.2. The Morgan fingerprint density at radius 3 is 2.45 bits per heavy atom. The van der Waals surface area contributed by atoms with E-state index in [2.05, 4.69) is 10.0 Å². The van der Waals surface area contributed by atoms with Crippen LogP contribution in [0.25, 0.3) is 0 Å². The zero-order valence-electron chi connectivity index (χ0n) is 11.3. The number of sulfonamides is 1. The third-order valence-electron chi connectivity index (χ3n) is 2.35. The van der Waals surface area contributed by atoms with Crippen LogP contribution in [0.5, 0.6) is 0 Å². The maximum Gasteiger partial charge on any atom is 0.270 e. The molecule has 0 atom stereocenters. The highest BCUT2D eigenvalue weighted by atomic mass is 127. The van der Waals surface area contributed by atoms with Crippen LogP contribution in [0.3, 0.4) is 0 Å². The lowest BCUT2D eigenvalue weighted by Gasteiger charge is -2.26. The number of hydrogen-bond acceptors (Lipinski definition) is 5. The molecule has 1 aromatic rings. The predicted molar refractivity (Wildman–Crippen MR) is 86.4 cm³/mol. The van der Waals surface area contributed by atoms with Crippen LogP contribution < -0.4 is 10.0 Å². The van der Waals surface area contributed by atoms with Crippen molar-refractivity contribution in [3.63, 3.8) is 0 Å². The first kappa shape index (κ1) is 17.1. The fourth-order valence-electron chi connectivity index (χ4n) is 1.62. The van der Waals surface area contributed by atoms with Gasteiger partial charge in [-0.05, 0) is 42.5 Å². The molecule has 0 saturated carbocycles. The molecule has 112 valence electrons. The minimum Gasteiger partial charge on any atom is -0.382 e. The highest BCUT2D eigenvalue weighted by Crippen LogP contribution is 2.24. The van der Waals surface area contributed by atoms with Gasteiger partial charge in [0.25, 0.3) is 5.69 Å². The van der Waals surface area contributed by atoms with Crippen molar-refractivity contribution >= 4 is 44.0 Å². The zero-order valence-corrected chi connectivity index (χ0v) is 14.3. The number of rotatable bonds is 6. The summed E-state index contributed by atoms with van der Waals surface area (Å²) in [5, 5.41) is 13.7. The summed E-state index contributed by atoms with van der Waals surface area (Å²) in [7, 11) is -3.30. The highest BCUT2D eigenvalue weighted by Gasteiger charge is 2.22. The first-order chi connectivity index (χ1) is 9.00. The van der Waals surface area contributed by atoms with Crippen LogP contribution in [0.15, 0.2) is 18.2 Å². The quantitative estimate of drug-likeness (QED) is 0.422. The monoisotopic (exact) mass is 413 g/mol. The van der Waals surface area contributed by atoms with Gasteiger partial charge in [-0.3, -0.25) is 10.1 Å². The molecule has 20 heavy (non-hydrogen) atoms. The van der Waals surface area contributed by atoms with Gasteiger partial charge >= 0.3 is 0 Å². The van der Waals surface area contributed by atoms with Crippen LogP contribution in [0.2, 0.25) is 0 Å². The molecule has 0 amide bonds. The lowest BCUT2D eigenvalue weighted by atomic mass is 10.1. The van der Waals surface area contributed by atoms with Gasteiger partial charge in [-0.1, -0.05) is 0 Å². The third-order valence-corrected chi connectivity index (χ3v) is 4.16. The Balaban J connectivity index is 2.78. The fraction of sp³-hybridized carbons (Fsp3) is 0.455. The van der Waals surface area contributed by atoms with Gasteiger partial charge in [0.1, 0.15) is 0 Å². The Hall–Kier alpha value is -0.940. The molecular weight excluding hydrogens is 397 g/mol. The summed E-state index contributed by atoms with van der Waals surface area (Å²) >= 11 is 1.99. The van der Waals surface area contributed by atoms with Crippen molar-refractivity contribution in [2.45, 2.75) is 19.4 Å². The van der Waals surface area contributed by atoms with E-state index in [0.717, 1.165) is 11.9 Å². The van der Waals surface area contributed by atoms with E-state index >= 15 is 0 Å². The molecule has 0 radical (unpaired) electrons. The van der Waals surface area contributed by atoms with Crippen molar-refractivity contribution in [1.29, 1.82) is 0 Å². The van der Waals surface area contributed by atoms with Gasteiger partial charge in [0.05, 0.1) is 11.2 Å². The Morgan fingerprint density at radius 1 is 1.40 bits per heavy atom. The van der Waals surface area contributed by atoms with E-state index in [4.69, 9.17) is 0 Å². The Labute approximate surface area is 131 Å². The van der Waals surface area contributed by atoms with Gasteiger partial charge < -0.3 is 5.32 Å². The lowest BCUT2D eigenvalue weighted by Crippen LogP contribution is -2.47. The average Bonchev–Trinajstić information content (AvgIpc) is 2.23. The van der Waals surface area contributed by atoms with Gasteiger partial charge in [-0.15, -0.1) is 0 Å². The number of anilines is 1. The van der Waals surface area contributed by atoms with E-state index in [1.165, 1.54) is 12.1 Å². The summed E-state index contributed by atoms with van der Waals surface area (Å²) in [5.74, 6) is 0. The summed E-state index contributed by atoms with van der Waals surface area (Å²) in [6, 6.07) is 4.47. The Bertz CT molecular complexity index is 616. The molecule has 0 saturated heterocycles. The molecule has 2 N–H and O–H groups in total. The van der Waals surface area contributed by atoms with Crippen molar-refractivity contribution in [3.05, 3.63) is 31.9 Å². The molecule has 0 aliphatic rings. The summed E-state index contributed by atoms with van der Waals surface area (Å²) in [6.45, 7) is 3.85. The lowest BCUT2D eigenvalue weighted by molar-refractivity contribution is -0.384. The van der Waals surface area contributed by atoms with E-state index in [-0.39, 0.29) is 5.69 Å². The number of nitro benzene ring substituents is 1. The number of benzene rings is 1. The second-order valence-electron chi connectivity index (χ2n) is 5.03. The molecule has 1 rings (SSSR count). The summed E-state index contributed by atoms with van der Waals surface area (Å²) in [5.41, 5.74) is 0.0753. The number of hydrogen-bond donors (Lipinski definition) is 2. The van der Waals surface area contributed by atoms with Crippen LogP contribution in [0.4, 0.5) is 11.4 Å². The van der Waals surface area contributed by atoms with Crippen LogP contribution in [0, 0.1) is 13.7 Å². The molecule has 0 unspecified atom stereocenters. The maximum atomic E-state index is 11.2. The first-order valence-electron chi connectivity index (χ1n) is 5.67. The van der Waals surface area contributed by atoms with Crippen molar-refractivity contribution < 1.29 is 13.3 Å². The van der Waals surface area contributed by atoms with E-state index < -0.39 is 20.5 Å². The van der Waals surface area contributed by atoms with E-state index in [1.807, 2.05) is 22.6 Å². The molecule has 0 aromatic heterocycles. The maximum absolute atomic E-state index is 11.2. The van der Waals surface area contributed by atoms with E-state index in [0.29, 0.717) is 10.1 Å². The number of nitrogens with one attached hydrogen (secondary N) is 2. The van der Waals surface area contributed by atoms with Crippen molar-refractivity contribution in [1.82, 2.24) is 4.72 Å². The summed E-state index contributed by atoms with van der Waals surface area (Å²) < 4.78 is 25.7. The van der Waals surface area contributed by atoms with Crippen LogP contribution in [0.1, 0.15) is 13.8 Å². The van der Waals surface area contributed by atoms with Crippen molar-refractivity contribution in [2.24, 2.45) is 0 Å². The number of nitro groups is 1. The number of non-ortho nitro benzene ring substituents is 1. The molecule has 7 nitrogen and oxygen atoms in total. The zero-order chi connectivity index (χ0) is 15.6. The van der Waals surface area contributed by atoms with Gasteiger partial charge in [0.2, 0.25) is 10.0 Å². The topological polar surface area (TPSA) is 101 Å². The van der Waals surface area contributed by atoms with Crippen LogP contribution >= 0.6 is 22.6 Å². The second kappa shape index (κ2) is 6.22. The molecule has 0 spiro atoms. The van der Waals surface area contributed by atoms with Gasteiger partial charge in [-0.2, -0.15) is 0 Å². The molecule has 1 aromatic carbocycles. The van der Waals surface area contributed by atoms with Gasteiger partial charge in [-0.25, -0.2) is 13.1 Å². The molecule has 0 heterocycles. The Morgan fingerprint density at radius 2 is 2.00 bits per heavy atom. The smallest absolute Gasteiger partial charge is 0.270 e. The largest absolute Gasteiger partial charge is 0.382 e. The minimum atomic E-state index is -3.30. The van der Waals surface area contributed by atoms with Crippen LogP contribution in [-0.2, 0) is 10.0 Å². The number of halogens is 1. The molecule has 0 aliphatic carbocycles. The standard InChI is InChI=1S/C11H16IN3O4S/c1-11(2,14-20(3,18)19)7-13-10-5-4-8(15(16)17)6-9(10)12/h4-6,13-14H,7H2,1-3H3. The SMILES string of the molecule is CC(C)(CNc1ccc([N+](=O)[O-])cc1I)NS(C)(=O)=O. The van der Waals surface area contributed by atoms with Crippen LogP contribution in [-0.4, -0.2) is 31.7 Å². The van der Waals surface area contributed by atoms with Crippen molar-refractivity contribution in [3.8, 4) is 0 Å². The molecule has 0 aliphatic heterocycles. The van der Waals surface area contributed by atoms with E-state index in [1.54, 1.807) is 19.9 Å². The van der Waals surface area contributed by atoms with Gasteiger partial charge in [0, 0.05) is 33.5 Å². The Kier molecular flexibility index (Phi) is 5.33. The third kappa shape index (κ3) is 5.59. The van der Waals surface area contributed by atoms with E-state index in [9.17, 15) is 18.5 Å². The summed E-state index contributed by atoms with van der Waals surface area (Å²) in [4.78, 5) is 10.2.